The first-order valence-electron chi connectivity index (χ1n) is 39.5. The number of ether oxygens (including phenoxy) is 2. The highest BCUT2D eigenvalue weighted by molar-refractivity contribution is 7.53. The van der Waals surface area contributed by atoms with Crippen molar-refractivity contribution in [3.05, 3.63) is 11.4 Å². The monoisotopic (exact) mass is 1800 g/mol. The average molecular weight is 1800 g/mol. The number of aliphatic hydroxyl groups excluding tert-OH is 1. The van der Waals surface area contributed by atoms with Gasteiger partial charge in [-0.05, 0) is 92.5 Å². The second-order valence-electron chi connectivity index (χ2n) is 27.0. The minimum atomic E-state index is -3.95. The maximum absolute atomic E-state index is 12.6. The van der Waals surface area contributed by atoms with Crippen LogP contribution >= 0.6 is 23.5 Å². The maximum atomic E-state index is 12.6. The molecule has 12 N–H and O–H groups in total. The normalized spacial score (nSPS) is 11.4. The quantitative estimate of drug-likeness (QED) is 0.00908. The van der Waals surface area contributed by atoms with Gasteiger partial charge in [0.05, 0.1) is 84.4 Å². The standard InChI is InChI=1S/C24H40B2N5O10P.C21H36B2N4O7.C16H31B2N4O8P.C10H21N2OP.H3N.H2O/c1-19(32)6-7-24(37)39-18-29-21(34)17-30(22(35)14-25-2)10-9-28-20(33)16-31(23(36)15-26-3)11-13-41-42(4,38)40-12-5-8-27;1-5-9-26(19(31)11-22-3)13-17(29)24-8-10-27(20(32)12-23-4)14-18(30)25-15-34-21(33)7-6-16(2)28;1-17-8-15(26)21(11-14(25)20-12-23)5-4-19-13(24)10-22(16(27)9-18-2)6-7-30-31(3,28)29;1-9(2)12(10(3)4)14(6)13-8-7-11-5;;/h5-7,9-18H2,1-4H3,(H,28,33)(H,29,34);5-15H2,1-4H3,(H,24,29)(H,25,30);23H,4-12H2,1-3H3,(H,19,24)(H,20,25)(H,28,29);9-10H,7-8H2,1-4,6H3;1H3;1H2/p-1. The van der Waals surface area contributed by atoms with E-state index in [9.17, 15) is 90.7 Å². The lowest BCUT2D eigenvalue weighted by molar-refractivity contribution is -0.197. The molecule has 6 radical (unpaired) electrons. The number of Topliss-reactive ketones (excluding diaryl/α,β-unsaturated/α-hetero) is 2. The van der Waals surface area contributed by atoms with Gasteiger partial charge >= 0.3 is 19.5 Å². The number of amides is 12. The Morgan fingerprint density at radius 1 is 0.480 bits per heavy atom. The third-order valence-electron chi connectivity index (χ3n) is 15.4. The molecule has 0 rings (SSSR count). The molecule has 52 heteroatoms. The molecule has 43 nitrogen and oxygen atoms in total. The molecule has 0 saturated heterocycles. The number of nitrogens with zero attached hydrogens (tertiary/aromatic N) is 9. The smallest absolute Gasteiger partial charge is 0.327 e. The fourth-order valence-electron chi connectivity index (χ4n) is 9.85. The van der Waals surface area contributed by atoms with Gasteiger partial charge in [-0.1, -0.05) is 47.9 Å². The molecule has 0 bridgehead atoms. The number of nitriles is 1. The van der Waals surface area contributed by atoms with Crippen LogP contribution in [0.4, 0.5) is 0 Å². The van der Waals surface area contributed by atoms with E-state index in [1.165, 1.54) is 49.9 Å². The molecular weight excluding hydrogens is 1670 g/mol. The third-order valence-corrected chi connectivity index (χ3v) is 19.5. The van der Waals surface area contributed by atoms with Gasteiger partial charge in [0.25, 0.3) is 0 Å². The van der Waals surface area contributed by atoms with E-state index in [-0.39, 0.29) is 253 Å². The van der Waals surface area contributed by atoms with Gasteiger partial charge in [-0.2, -0.15) is 5.26 Å². The molecule has 692 valence electrons. The van der Waals surface area contributed by atoms with E-state index in [0.717, 1.165) is 13.1 Å². The van der Waals surface area contributed by atoms with Gasteiger partial charge in [0.15, 0.2) is 13.5 Å². The van der Waals surface area contributed by atoms with E-state index >= 15 is 0 Å². The molecule has 0 aliphatic heterocycles. The number of hydrogen-bond donors (Lipinski definition) is 8. The number of ketones is 2. The molecular formula is C71H132B6N16O27P3-. The van der Waals surface area contributed by atoms with E-state index in [2.05, 4.69) is 80.3 Å². The highest BCUT2D eigenvalue weighted by Crippen LogP contribution is 2.44. The Morgan fingerprint density at radius 2 is 0.772 bits per heavy atom. The van der Waals surface area contributed by atoms with E-state index in [0.29, 0.717) is 31.8 Å². The van der Waals surface area contributed by atoms with Crippen LogP contribution in [0.1, 0.15) is 87.0 Å². The summed E-state index contributed by atoms with van der Waals surface area (Å²) >= 11 is 0. The highest BCUT2D eigenvalue weighted by atomic mass is 31.2. The lowest BCUT2D eigenvalue weighted by Crippen LogP contribution is -2.47. The lowest BCUT2D eigenvalue weighted by atomic mass is 9.77. The van der Waals surface area contributed by atoms with Crippen molar-refractivity contribution in [1.29, 1.82) is 5.26 Å². The number of hydrogen-bond acceptors (Lipinski definition) is 29. The molecule has 0 aromatic heterocycles. The van der Waals surface area contributed by atoms with Gasteiger partial charge in [-0.3, -0.25) is 76.4 Å². The Hall–Kier alpha value is -8.18. The summed E-state index contributed by atoms with van der Waals surface area (Å²) in [5, 5.41) is 32.1. The number of esters is 2. The second kappa shape index (κ2) is 77.4. The van der Waals surface area contributed by atoms with Crippen LogP contribution in [-0.2, 0) is 113 Å². The molecule has 0 aromatic rings. The summed E-state index contributed by atoms with van der Waals surface area (Å²) in [5.41, 5.74) is 0. The van der Waals surface area contributed by atoms with Gasteiger partial charge in [0.1, 0.15) is 84.5 Å². The minimum Gasteiger partial charge on any atom is -0.779 e. The first-order valence-corrected chi connectivity index (χ1v) is 45.2. The molecule has 12 amide bonds. The third kappa shape index (κ3) is 71.8. The van der Waals surface area contributed by atoms with E-state index in [1.54, 1.807) is 84.6 Å². The number of rotatable bonds is 63. The number of carbonyl (C=O) groups is 16. The zero-order valence-electron chi connectivity index (χ0n) is 74.6. The van der Waals surface area contributed by atoms with Crippen molar-refractivity contribution in [3.8, 4) is 6.07 Å². The van der Waals surface area contributed by atoms with Crippen LogP contribution in [0.3, 0.4) is 0 Å². The van der Waals surface area contributed by atoms with Gasteiger partial charge in [-0.15, -0.1) is 0 Å². The zero-order valence-corrected chi connectivity index (χ0v) is 77.3. The molecule has 3 atom stereocenters. The molecule has 0 aromatic carbocycles. The van der Waals surface area contributed by atoms with Gasteiger partial charge in [0.2, 0.25) is 77.4 Å². The summed E-state index contributed by atoms with van der Waals surface area (Å²) < 4.78 is 56.0. The fraction of sp³-hybridized carbons (Fsp3) is 0.746. The first-order chi connectivity index (χ1) is 57.0. The first kappa shape index (κ1) is 126. The number of carbonyl (C=O) groups excluding carboxylic acids is 16. The van der Waals surface area contributed by atoms with Crippen LogP contribution in [0.15, 0.2) is 0 Å². The molecule has 0 heterocycles. The predicted octanol–water partition coefficient (Wildman–Crippen LogP) is -0.959. The van der Waals surface area contributed by atoms with Crippen molar-refractivity contribution >= 4 is 162 Å². The summed E-state index contributed by atoms with van der Waals surface area (Å²) in [6.07, 6.45) is 1.36. The Morgan fingerprint density at radius 3 is 1.05 bits per heavy atom. The maximum Gasteiger partial charge on any atom is 0.327 e. The Bertz CT molecular complexity index is 3350. The molecule has 3 unspecified atom stereocenters. The summed E-state index contributed by atoms with van der Waals surface area (Å²) in [4.78, 5) is 214. The molecule has 0 aliphatic rings. The highest BCUT2D eigenvalue weighted by Gasteiger charge is 2.27. The van der Waals surface area contributed by atoms with Crippen LogP contribution in [0.2, 0.25) is 78.9 Å². The molecule has 0 aliphatic carbocycles. The van der Waals surface area contributed by atoms with Crippen molar-refractivity contribution < 1.29 is 129 Å². The van der Waals surface area contributed by atoms with E-state index in [1.807, 2.05) is 13.0 Å². The second-order valence-corrected chi connectivity index (χ2v) is 32.5. The Balaban J connectivity index is -0.000000387. The van der Waals surface area contributed by atoms with E-state index < -0.39 is 78.4 Å². The minimum absolute atomic E-state index is 0. The summed E-state index contributed by atoms with van der Waals surface area (Å²) in [7, 11) is 1.93. The summed E-state index contributed by atoms with van der Waals surface area (Å²) in [5.74, 6) is -6.48. The molecule has 123 heavy (non-hydrogen) atoms. The number of nitrogens with one attached hydrogen (secondary N) is 6. The predicted molar refractivity (Wildman–Crippen MR) is 467 cm³/mol. The molecule has 0 saturated carbocycles. The Labute approximate surface area is 731 Å². The van der Waals surface area contributed by atoms with Crippen LogP contribution in [0.5, 0.6) is 0 Å². The van der Waals surface area contributed by atoms with Crippen LogP contribution < -0.4 is 42.9 Å². The lowest BCUT2D eigenvalue weighted by Gasteiger charge is -2.34. The zero-order chi connectivity index (χ0) is 92.9. The Kier molecular flexibility index (Phi) is 79.0. The topological polar surface area (TPSA) is 595 Å². The van der Waals surface area contributed by atoms with Crippen molar-refractivity contribution in [3.63, 3.8) is 0 Å². The average Bonchev–Trinajstić information content (AvgIpc) is 0.907. The fourth-order valence-corrected chi connectivity index (χ4v) is 13.0. The molecule has 0 spiro atoms. The van der Waals surface area contributed by atoms with Crippen molar-refractivity contribution in [2.24, 2.45) is 0 Å². The number of aliphatic hydroxyl groups is 1. The van der Waals surface area contributed by atoms with Crippen LogP contribution in [-0.4, -0.2) is 366 Å². The van der Waals surface area contributed by atoms with Crippen LogP contribution in [0, 0.1) is 17.9 Å². The van der Waals surface area contributed by atoms with Crippen molar-refractivity contribution in [1.82, 2.24) is 72.1 Å². The summed E-state index contributed by atoms with van der Waals surface area (Å²) in [6.45, 7) is 32.6. The van der Waals surface area contributed by atoms with Gasteiger partial charge in [-0.25, -0.2) is 6.57 Å². The van der Waals surface area contributed by atoms with Crippen LogP contribution in [0.25, 0.3) is 4.85 Å². The summed E-state index contributed by atoms with van der Waals surface area (Å²) in [6, 6.07) is 2.86. The van der Waals surface area contributed by atoms with Gasteiger partial charge < -0.3 is 129 Å². The SMILES string of the molecule is C[B]CC(=O)N(CCC)CC(=O)NCCN(CC(=O)NCOC(=O)CCC(C)=O)C(=O)C[B]C.C[B]CC(=O)N(CCNC(=O)CN(CCOP(C)(=O)[O-])C(=O)C[B]C)CC(=O)NCO.C[B]CC(=O)N(CCOP(C)(=O)OCCC#N)CC(=O)NCCN(CC(=O)NCOC(=O)CCC(C)=O)C(=O)C[B]C.N.O.[C-]#[N+]CCOP(C)N(C(C)C)C(C)C. The largest absolute Gasteiger partial charge is 0.779 e. The van der Waals surface area contributed by atoms with Gasteiger partial charge in [0, 0.05) is 97.2 Å². The van der Waals surface area contributed by atoms with Crippen molar-refractivity contribution in [2.75, 3.05) is 171 Å². The molecule has 0 fully saturated rings. The van der Waals surface area contributed by atoms with Crippen molar-refractivity contribution in [2.45, 2.75) is 178 Å². The van der Waals surface area contributed by atoms with E-state index in [4.69, 9.17) is 40.0 Å².